The molecule has 1 nitrogen and oxygen atoms in total. The Morgan fingerprint density at radius 2 is 0.717 bits per heavy atom. The van der Waals surface area contributed by atoms with Crippen LogP contribution in [0.4, 0.5) is 17.1 Å². The van der Waals surface area contributed by atoms with Gasteiger partial charge in [-0.2, -0.15) is 0 Å². The third kappa shape index (κ3) is 6.53. The Bertz CT molecular complexity index is 2640. The zero-order valence-electron chi connectivity index (χ0n) is 29.3. The van der Waals surface area contributed by atoms with Crippen molar-refractivity contribution in [3.63, 3.8) is 0 Å². The van der Waals surface area contributed by atoms with E-state index in [4.69, 9.17) is 0 Å². The van der Waals surface area contributed by atoms with Crippen molar-refractivity contribution in [2.24, 2.45) is 0 Å². The Morgan fingerprint density at radius 3 is 1.49 bits per heavy atom. The SMILES string of the molecule is c1ccc(-c2ccc(-c3ccccc3N(c3ccc(-c4cccc(-c5cccc6ccccc56)c4)cc3)c3cccc(-c4ccccc4)c3)cc2)cc1. The van der Waals surface area contributed by atoms with Gasteiger partial charge in [-0.3, -0.25) is 0 Å². The largest absolute Gasteiger partial charge is 0.310 e. The summed E-state index contributed by atoms with van der Waals surface area (Å²) in [5.74, 6) is 0. The summed E-state index contributed by atoms with van der Waals surface area (Å²) in [7, 11) is 0. The number of nitrogens with zero attached hydrogens (tertiary/aromatic N) is 1. The van der Waals surface area contributed by atoms with Crippen molar-refractivity contribution >= 4 is 27.8 Å². The maximum Gasteiger partial charge on any atom is 0.0540 e. The van der Waals surface area contributed by atoms with Crippen LogP contribution in [0.25, 0.3) is 66.4 Å². The lowest BCUT2D eigenvalue weighted by atomic mass is 9.95. The third-order valence-electron chi connectivity index (χ3n) is 10.1. The second-order valence-corrected chi connectivity index (χ2v) is 13.4. The highest BCUT2D eigenvalue weighted by Crippen LogP contribution is 2.43. The van der Waals surface area contributed by atoms with Crippen LogP contribution >= 0.6 is 0 Å². The van der Waals surface area contributed by atoms with Gasteiger partial charge in [-0.25, -0.2) is 0 Å². The molecule has 0 aliphatic rings. The molecule has 0 heterocycles. The first-order valence-corrected chi connectivity index (χ1v) is 18.2. The monoisotopic (exact) mass is 675 g/mol. The smallest absolute Gasteiger partial charge is 0.0540 e. The second-order valence-electron chi connectivity index (χ2n) is 13.4. The molecule has 0 aliphatic heterocycles. The molecule has 9 rings (SSSR count). The van der Waals surface area contributed by atoms with Crippen molar-refractivity contribution in [3.8, 4) is 55.6 Å². The summed E-state index contributed by atoms with van der Waals surface area (Å²) in [6.45, 7) is 0. The molecule has 0 saturated carbocycles. The van der Waals surface area contributed by atoms with Gasteiger partial charge in [0.25, 0.3) is 0 Å². The average Bonchev–Trinajstić information content (AvgIpc) is 3.25. The molecule has 1 heteroatoms. The fourth-order valence-corrected chi connectivity index (χ4v) is 7.41. The standard InChI is InChI=1S/C52H37N/c1-3-14-38(15-4-1)40-28-30-43(31-29-40)51-25-9-10-27-52(51)53(48-23-12-21-45(37-48)39-16-5-2-6-17-39)47-34-32-41(33-35-47)44-20-11-22-46(36-44)50-26-13-19-42-18-7-8-24-49(42)50/h1-37H. The van der Waals surface area contributed by atoms with E-state index in [-0.39, 0.29) is 0 Å². The third-order valence-corrected chi connectivity index (χ3v) is 10.1. The van der Waals surface area contributed by atoms with E-state index >= 15 is 0 Å². The number of anilines is 3. The second kappa shape index (κ2) is 14.3. The Balaban J connectivity index is 1.13. The molecule has 9 aromatic rings. The first-order chi connectivity index (χ1) is 26.3. The van der Waals surface area contributed by atoms with Crippen molar-refractivity contribution in [2.45, 2.75) is 0 Å². The molecule has 0 fully saturated rings. The molecule has 0 atom stereocenters. The van der Waals surface area contributed by atoms with Gasteiger partial charge >= 0.3 is 0 Å². The quantitative estimate of drug-likeness (QED) is 0.155. The van der Waals surface area contributed by atoms with Crippen LogP contribution in [-0.2, 0) is 0 Å². The average molecular weight is 676 g/mol. The lowest BCUT2D eigenvalue weighted by Crippen LogP contribution is -2.11. The first kappa shape index (κ1) is 32.0. The number of hydrogen-bond acceptors (Lipinski definition) is 1. The summed E-state index contributed by atoms with van der Waals surface area (Å²) in [4.78, 5) is 2.39. The van der Waals surface area contributed by atoms with Gasteiger partial charge in [-0.1, -0.05) is 188 Å². The summed E-state index contributed by atoms with van der Waals surface area (Å²) in [6, 6.07) is 80.8. The summed E-state index contributed by atoms with van der Waals surface area (Å²) >= 11 is 0. The molecule has 9 aromatic carbocycles. The van der Waals surface area contributed by atoms with Gasteiger partial charge in [0.2, 0.25) is 0 Å². The van der Waals surface area contributed by atoms with Crippen LogP contribution in [0.1, 0.15) is 0 Å². The van der Waals surface area contributed by atoms with Gasteiger partial charge in [0.1, 0.15) is 0 Å². The molecule has 0 aliphatic carbocycles. The zero-order valence-corrected chi connectivity index (χ0v) is 29.3. The Morgan fingerprint density at radius 1 is 0.245 bits per heavy atom. The van der Waals surface area contributed by atoms with Crippen LogP contribution in [0, 0.1) is 0 Å². The summed E-state index contributed by atoms with van der Waals surface area (Å²) < 4.78 is 0. The Labute approximate surface area is 311 Å². The van der Waals surface area contributed by atoms with E-state index in [0.717, 1.165) is 17.1 Å². The van der Waals surface area contributed by atoms with Crippen molar-refractivity contribution in [1.29, 1.82) is 0 Å². The van der Waals surface area contributed by atoms with E-state index in [2.05, 4.69) is 229 Å². The van der Waals surface area contributed by atoms with Gasteiger partial charge in [-0.15, -0.1) is 0 Å². The van der Waals surface area contributed by atoms with Crippen LogP contribution in [0.5, 0.6) is 0 Å². The maximum atomic E-state index is 2.39. The van der Waals surface area contributed by atoms with Crippen molar-refractivity contribution < 1.29 is 0 Å². The van der Waals surface area contributed by atoms with E-state index < -0.39 is 0 Å². The molecular formula is C52H37N. The summed E-state index contributed by atoms with van der Waals surface area (Å²) in [5, 5.41) is 2.52. The molecule has 0 saturated heterocycles. The Hall–Kier alpha value is -6.96. The van der Waals surface area contributed by atoms with Crippen LogP contribution in [0.3, 0.4) is 0 Å². The van der Waals surface area contributed by atoms with Crippen molar-refractivity contribution in [2.75, 3.05) is 4.90 Å². The van der Waals surface area contributed by atoms with Crippen LogP contribution in [0.15, 0.2) is 224 Å². The highest BCUT2D eigenvalue weighted by Gasteiger charge is 2.18. The number of rotatable bonds is 8. The summed E-state index contributed by atoms with van der Waals surface area (Å²) in [6.07, 6.45) is 0. The molecule has 0 spiro atoms. The molecule has 0 N–H and O–H groups in total. The van der Waals surface area contributed by atoms with Crippen molar-refractivity contribution in [1.82, 2.24) is 0 Å². The number of hydrogen-bond donors (Lipinski definition) is 0. The highest BCUT2D eigenvalue weighted by molar-refractivity contribution is 5.97. The molecular weight excluding hydrogens is 639 g/mol. The first-order valence-electron chi connectivity index (χ1n) is 18.2. The normalized spacial score (nSPS) is 11.0. The maximum absolute atomic E-state index is 2.39. The van der Waals surface area contributed by atoms with Gasteiger partial charge in [0.05, 0.1) is 5.69 Å². The van der Waals surface area contributed by atoms with Gasteiger partial charge in [-0.05, 0) is 97.2 Å². The predicted molar refractivity (Wildman–Crippen MR) is 226 cm³/mol. The molecule has 0 unspecified atom stereocenters. The highest BCUT2D eigenvalue weighted by atomic mass is 15.1. The lowest BCUT2D eigenvalue weighted by Gasteiger charge is -2.28. The van der Waals surface area contributed by atoms with E-state index in [1.54, 1.807) is 0 Å². The molecule has 250 valence electrons. The minimum atomic E-state index is 1.09. The lowest BCUT2D eigenvalue weighted by molar-refractivity contribution is 1.28. The fraction of sp³-hybridized carbons (Fsp3) is 0. The zero-order chi connectivity index (χ0) is 35.4. The predicted octanol–water partition coefficient (Wildman–Crippen LogP) is 14.6. The van der Waals surface area contributed by atoms with Gasteiger partial charge < -0.3 is 4.90 Å². The molecule has 0 bridgehead atoms. The van der Waals surface area contributed by atoms with E-state index in [1.165, 1.54) is 66.4 Å². The van der Waals surface area contributed by atoms with Crippen LogP contribution < -0.4 is 4.90 Å². The van der Waals surface area contributed by atoms with Gasteiger partial charge in [0.15, 0.2) is 0 Å². The topological polar surface area (TPSA) is 3.24 Å². The van der Waals surface area contributed by atoms with E-state index in [1.807, 2.05) is 0 Å². The molecule has 0 radical (unpaired) electrons. The number of fused-ring (bicyclic) bond motifs is 1. The summed E-state index contributed by atoms with van der Waals surface area (Å²) in [5.41, 5.74) is 15.3. The Kier molecular flexibility index (Phi) is 8.66. The van der Waals surface area contributed by atoms with E-state index in [0.29, 0.717) is 0 Å². The van der Waals surface area contributed by atoms with E-state index in [9.17, 15) is 0 Å². The molecule has 0 amide bonds. The van der Waals surface area contributed by atoms with Gasteiger partial charge in [0, 0.05) is 16.9 Å². The fourth-order valence-electron chi connectivity index (χ4n) is 7.41. The number of benzene rings is 9. The number of para-hydroxylation sites is 1. The minimum Gasteiger partial charge on any atom is -0.310 e. The van der Waals surface area contributed by atoms with Crippen LogP contribution in [-0.4, -0.2) is 0 Å². The van der Waals surface area contributed by atoms with Crippen LogP contribution in [0.2, 0.25) is 0 Å². The van der Waals surface area contributed by atoms with Crippen molar-refractivity contribution in [3.05, 3.63) is 224 Å². The molecule has 0 aromatic heterocycles. The minimum absolute atomic E-state index is 1.09. The molecule has 53 heavy (non-hydrogen) atoms.